The van der Waals surface area contributed by atoms with E-state index in [9.17, 15) is 0 Å². The van der Waals surface area contributed by atoms with Gasteiger partial charge >= 0.3 is 0 Å². The summed E-state index contributed by atoms with van der Waals surface area (Å²) in [6.07, 6.45) is 3.78. The first-order valence-electron chi connectivity index (χ1n) is 4.28. The molecule has 0 heterocycles. The molecule has 0 aliphatic heterocycles. The molecule has 1 aliphatic rings. The van der Waals surface area contributed by atoms with Gasteiger partial charge < -0.3 is 5.73 Å². The van der Waals surface area contributed by atoms with Gasteiger partial charge in [0.2, 0.25) is 0 Å². The number of hydrogen-bond acceptors (Lipinski definition) is 1. The van der Waals surface area contributed by atoms with Crippen LogP contribution >= 0.6 is 0 Å². The molecule has 60 valence electrons. The Hall–Kier alpha value is -0.0400. The molecule has 0 spiro atoms. The second-order valence-corrected chi connectivity index (χ2v) is 4.51. The van der Waals surface area contributed by atoms with Crippen molar-refractivity contribution >= 4 is 0 Å². The summed E-state index contributed by atoms with van der Waals surface area (Å²) in [6.45, 7) is 6.79. The van der Waals surface area contributed by atoms with Gasteiger partial charge in [-0.3, -0.25) is 0 Å². The van der Waals surface area contributed by atoms with Crippen LogP contribution in [0.2, 0.25) is 0 Å². The van der Waals surface area contributed by atoms with Crippen LogP contribution in [0.1, 0.15) is 40.0 Å². The molecular formula is C9H19N. The predicted molar refractivity (Wildman–Crippen MR) is 44.8 cm³/mol. The van der Waals surface area contributed by atoms with Crippen molar-refractivity contribution in [3.8, 4) is 0 Å². The Balaban J connectivity index is 2.51. The van der Waals surface area contributed by atoms with Crippen molar-refractivity contribution in [3.63, 3.8) is 0 Å². The minimum atomic E-state index is 0.122. The molecule has 0 saturated heterocycles. The van der Waals surface area contributed by atoms with Crippen LogP contribution in [0.4, 0.5) is 0 Å². The molecule has 1 nitrogen and oxygen atoms in total. The molecule has 1 heteroatoms. The molecule has 0 aromatic carbocycles. The topological polar surface area (TPSA) is 26.0 Å². The third-order valence-electron chi connectivity index (χ3n) is 2.43. The monoisotopic (exact) mass is 141 g/mol. The Bertz CT molecular complexity index is 106. The minimum Gasteiger partial charge on any atom is -0.325 e. The van der Waals surface area contributed by atoms with Gasteiger partial charge in [-0.15, -0.1) is 0 Å². The molecule has 2 unspecified atom stereocenters. The van der Waals surface area contributed by atoms with Gasteiger partial charge in [0.25, 0.3) is 0 Å². The lowest BCUT2D eigenvalue weighted by atomic mass is 9.73. The molecule has 10 heavy (non-hydrogen) atoms. The standard InChI is InChI=1S/C9H19N/c1-7-4-8(2)6-9(3,10)5-7/h7-8H,4-6,10H2,1-3H3/t7-,8?,9?/m0/s1. The summed E-state index contributed by atoms with van der Waals surface area (Å²) in [4.78, 5) is 0. The summed E-state index contributed by atoms with van der Waals surface area (Å²) < 4.78 is 0. The minimum absolute atomic E-state index is 0.122. The first kappa shape index (κ1) is 8.06. The molecule has 2 N–H and O–H groups in total. The Morgan fingerprint density at radius 2 is 1.60 bits per heavy atom. The molecule has 1 rings (SSSR count). The highest BCUT2D eigenvalue weighted by Gasteiger charge is 2.29. The van der Waals surface area contributed by atoms with Crippen LogP contribution in [0.3, 0.4) is 0 Å². The van der Waals surface area contributed by atoms with E-state index < -0.39 is 0 Å². The fraction of sp³-hybridized carbons (Fsp3) is 1.00. The number of nitrogens with two attached hydrogens (primary N) is 1. The van der Waals surface area contributed by atoms with E-state index >= 15 is 0 Å². The molecule has 1 fully saturated rings. The van der Waals surface area contributed by atoms with E-state index in [1.54, 1.807) is 0 Å². The second kappa shape index (κ2) is 2.54. The summed E-state index contributed by atoms with van der Waals surface area (Å²) in [5.41, 5.74) is 6.18. The Morgan fingerprint density at radius 3 is 1.90 bits per heavy atom. The predicted octanol–water partition coefficient (Wildman–Crippen LogP) is 2.16. The Morgan fingerprint density at radius 1 is 1.20 bits per heavy atom. The summed E-state index contributed by atoms with van der Waals surface area (Å²) in [6, 6.07) is 0. The smallest absolute Gasteiger partial charge is 0.0131 e. The Labute approximate surface area is 64.0 Å². The molecule has 0 bridgehead atoms. The van der Waals surface area contributed by atoms with Crippen LogP contribution in [-0.2, 0) is 0 Å². The SMILES string of the molecule is CC1C[C@H](C)CC(C)(N)C1. The van der Waals surface area contributed by atoms with Crippen molar-refractivity contribution in [1.29, 1.82) is 0 Å². The first-order valence-corrected chi connectivity index (χ1v) is 4.28. The molecule has 0 radical (unpaired) electrons. The van der Waals surface area contributed by atoms with Crippen LogP contribution in [0, 0.1) is 11.8 Å². The quantitative estimate of drug-likeness (QED) is 0.549. The second-order valence-electron chi connectivity index (χ2n) is 4.51. The van der Waals surface area contributed by atoms with Crippen molar-refractivity contribution in [1.82, 2.24) is 0 Å². The van der Waals surface area contributed by atoms with Crippen molar-refractivity contribution in [2.24, 2.45) is 17.6 Å². The van der Waals surface area contributed by atoms with Crippen LogP contribution in [0.5, 0.6) is 0 Å². The lowest BCUT2D eigenvalue weighted by molar-refractivity contribution is 0.198. The molecule has 0 aromatic heterocycles. The Kier molecular flexibility index (Phi) is 2.04. The third-order valence-corrected chi connectivity index (χ3v) is 2.43. The molecule has 0 aromatic rings. The van der Waals surface area contributed by atoms with E-state index in [0.29, 0.717) is 0 Å². The van der Waals surface area contributed by atoms with Gasteiger partial charge in [0, 0.05) is 5.54 Å². The van der Waals surface area contributed by atoms with E-state index in [2.05, 4.69) is 20.8 Å². The maximum atomic E-state index is 6.06. The summed E-state index contributed by atoms with van der Waals surface area (Å²) in [5, 5.41) is 0. The zero-order valence-corrected chi connectivity index (χ0v) is 7.35. The maximum absolute atomic E-state index is 6.06. The van der Waals surface area contributed by atoms with Gasteiger partial charge in [0.15, 0.2) is 0 Å². The van der Waals surface area contributed by atoms with E-state index in [4.69, 9.17) is 5.73 Å². The van der Waals surface area contributed by atoms with E-state index in [1.165, 1.54) is 19.3 Å². The lowest BCUT2D eigenvalue weighted by Gasteiger charge is -2.37. The van der Waals surface area contributed by atoms with Gasteiger partial charge in [-0.25, -0.2) is 0 Å². The number of hydrogen-bond donors (Lipinski definition) is 1. The zero-order valence-electron chi connectivity index (χ0n) is 7.35. The van der Waals surface area contributed by atoms with E-state index in [1.807, 2.05) is 0 Å². The van der Waals surface area contributed by atoms with Crippen LogP contribution in [0.15, 0.2) is 0 Å². The fourth-order valence-corrected chi connectivity index (χ4v) is 2.53. The molecule has 0 amide bonds. The maximum Gasteiger partial charge on any atom is 0.0131 e. The fourth-order valence-electron chi connectivity index (χ4n) is 2.53. The van der Waals surface area contributed by atoms with Crippen molar-refractivity contribution in [2.75, 3.05) is 0 Å². The highest BCUT2D eigenvalue weighted by atomic mass is 14.7. The average molecular weight is 141 g/mol. The van der Waals surface area contributed by atoms with E-state index in [0.717, 1.165) is 11.8 Å². The molecular weight excluding hydrogens is 122 g/mol. The van der Waals surface area contributed by atoms with Gasteiger partial charge in [0.05, 0.1) is 0 Å². The zero-order chi connectivity index (χ0) is 7.78. The molecule has 1 aliphatic carbocycles. The average Bonchev–Trinajstić information content (AvgIpc) is 1.54. The van der Waals surface area contributed by atoms with Crippen LogP contribution < -0.4 is 5.73 Å². The molecule has 1 saturated carbocycles. The highest BCUT2D eigenvalue weighted by molar-refractivity contribution is 4.87. The summed E-state index contributed by atoms with van der Waals surface area (Å²) in [7, 11) is 0. The summed E-state index contributed by atoms with van der Waals surface area (Å²) in [5.74, 6) is 1.66. The van der Waals surface area contributed by atoms with Crippen molar-refractivity contribution in [3.05, 3.63) is 0 Å². The first-order chi connectivity index (χ1) is 4.49. The van der Waals surface area contributed by atoms with Gasteiger partial charge in [-0.1, -0.05) is 13.8 Å². The van der Waals surface area contributed by atoms with E-state index in [-0.39, 0.29) is 5.54 Å². The normalized spacial score (nSPS) is 49.2. The lowest BCUT2D eigenvalue weighted by Crippen LogP contribution is -2.43. The molecule has 3 atom stereocenters. The van der Waals surface area contributed by atoms with Crippen molar-refractivity contribution < 1.29 is 0 Å². The van der Waals surface area contributed by atoms with Gasteiger partial charge in [-0.2, -0.15) is 0 Å². The van der Waals surface area contributed by atoms with Gasteiger partial charge in [0.1, 0.15) is 0 Å². The number of rotatable bonds is 0. The van der Waals surface area contributed by atoms with Crippen LogP contribution in [0.25, 0.3) is 0 Å². The summed E-state index contributed by atoms with van der Waals surface area (Å²) >= 11 is 0. The van der Waals surface area contributed by atoms with Crippen molar-refractivity contribution in [2.45, 2.75) is 45.6 Å². The highest BCUT2D eigenvalue weighted by Crippen LogP contribution is 2.33. The van der Waals surface area contributed by atoms with Crippen LogP contribution in [-0.4, -0.2) is 5.54 Å². The third kappa shape index (κ3) is 1.98. The largest absolute Gasteiger partial charge is 0.325 e. The van der Waals surface area contributed by atoms with Gasteiger partial charge in [-0.05, 0) is 38.0 Å².